The van der Waals surface area contributed by atoms with Gasteiger partial charge in [-0.15, -0.1) is 0 Å². The van der Waals surface area contributed by atoms with Crippen molar-refractivity contribution < 1.29 is 32.2 Å². The van der Waals surface area contributed by atoms with Crippen molar-refractivity contribution in [2.24, 2.45) is 0 Å². The van der Waals surface area contributed by atoms with Crippen LogP contribution in [-0.2, 0) is 14.8 Å². The first-order valence-electron chi connectivity index (χ1n) is 8.90. The van der Waals surface area contributed by atoms with E-state index in [2.05, 4.69) is 5.32 Å². The van der Waals surface area contributed by atoms with Crippen LogP contribution in [0.4, 0.5) is 11.4 Å². The Morgan fingerprint density at radius 2 is 1.53 bits per heavy atom. The van der Waals surface area contributed by atoms with Gasteiger partial charge in [-0.1, -0.05) is 0 Å². The van der Waals surface area contributed by atoms with Crippen LogP contribution in [0, 0.1) is 0 Å². The first kappa shape index (κ1) is 23.1. The summed E-state index contributed by atoms with van der Waals surface area (Å²) in [6, 6.07) is 8.43. The molecule has 0 aliphatic carbocycles. The third kappa shape index (κ3) is 5.07. The van der Waals surface area contributed by atoms with Crippen molar-refractivity contribution >= 4 is 27.3 Å². The van der Waals surface area contributed by atoms with E-state index in [1.54, 1.807) is 30.3 Å². The number of methoxy groups -OCH3 is 4. The molecule has 0 aliphatic rings. The molecular weight excluding hydrogens is 412 g/mol. The van der Waals surface area contributed by atoms with Crippen molar-refractivity contribution in [1.82, 2.24) is 0 Å². The van der Waals surface area contributed by atoms with Crippen molar-refractivity contribution in [3.63, 3.8) is 0 Å². The van der Waals surface area contributed by atoms with Crippen LogP contribution < -0.4 is 28.6 Å². The van der Waals surface area contributed by atoms with Crippen LogP contribution in [-0.4, -0.2) is 55.1 Å². The molecule has 0 saturated carbocycles. The number of ether oxygens (including phenoxy) is 4. The van der Waals surface area contributed by atoms with Crippen molar-refractivity contribution in [1.29, 1.82) is 0 Å². The number of benzene rings is 2. The summed E-state index contributed by atoms with van der Waals surface area (Å²) in [5.41, 5.74) is 0.649. The molecule has 0 aromatic heterocycles. The Labute approximate surface area is 176 Å². The van der Waals surface area contributed by atoms with E-state index in [0.717, 1.165) is 10.6 Å². The van der Waals surface area contributed by atoms with Crippen molar-refractivity contribution in [3.05, 3.63) is 36.4 Å². The zero-order chi connectivity index (χ0) is 22.5. The fourth-order valence-electron chi connectivity index (χ4n) is 2.91. The van der Waals surface area contributed by atoms with Gasteiger partial charge < -0.3 is 24.3 Å². The maximum absolute atomic E-state index is 12.9. The van der Waals surface area contributed by atoms with Crippen molar-refractivity contribution in [2.45, 2.75) is 13.0 Å². The quantitative estimate of drug-likeness (QED) is 0.642. The summed E-state index contributed by atoms with van der Waals surface area (Å²) in [5.74, 6) is 1.18. The van der Waals surface area contributed by atoms with Gasteiger partial charge in [0.2, 0.25) is 15.9 Å². The van der Waals surface area contributed by atoms with Gasteiger partial charge >= 0.3 is 0 Å². The molecular formula is C20H26N2O7S. The van der Waals surface area contributed by atoms with Crippen molar-refractivity contribution in [2.75, 3.05) is 44.3 Å². The molecule has 2 rings (SSSR count). The molecule has 9 nitrogen and oxygen atoms in total. The second kappa shape index (κ2) is 9.57. The molecule has 2 aromatic carbocycles. The molecule has 1 amide bonds. The van der Waals surface area contributed by atoms with Crippen LogP contribution >= 0.6 is 0 Å². The second-order valence-corrected chi connectivity index (χ2v) is 8.19. The largest absolute Gasteiger partial charge is 0.497 e. The van der Waals surface area contributed by atoms with Crippen LogP contribution in [0.25, 0.3) is 0 Å². The number of nitrogens with zero attached hydrogens (tertiary/aromatic N) is 1. The van der Waals surface area contributed by atoms with Crippen molar-refractivity contribution in [3.8, 4) is 23.0 Å². The van der Waals surface area contributed by atoms with Crippen LogP contribution in [0.2, 0.25) is 0 Å². The first-order valence-corrected chi connectivity index (χ1v) is 10.7. The van der Waals surface area contributed by atoms with Crippen LogP contribution in [0.15, 0.2) is 36.4 Å². The topological polar surface area (TPSA) is 103 Å². The lowest BCUT2D eigenvalue weighted by atomic mass is 10.2. The highest BCUT2D eigenvalue weighted by molar-refractivity contribution is 7.92. The maximum Gasteiger partial charge on any atom is 0.248 e. The highest BCUT2D eigenvalue weighted by Crippen LogP contribution is 2.34. The lowest BCUT2D eigenvalue weighted by molar-refractivity contribution is -0.116. The molecule has 0 aliphatic heterocycles. The molecule has 1 atom stereocenters. The minimum absolute atomic E-state index is 0.263. The molecule has 0 spiro atoms. The van der Waals surface area contributed by atoms with E-state index < -0.39 is 22.0 Å². The number of hydrogen-bond acceptors (Lipinski definition) is 7. The Morgan fingerprint density at radius 3 is 2.07 bits per heavy atom. The average Bonchev–Trinajstić information content (AvgIpc) is 2.72. The Hall–Kier alpha value is -3.14. The number of anilines is 2. The summed E-state index contributed by atoms with van der Waals surface area (Å²) < 4.78 is 46.9. The minimum atomic E-state index is -3.80. The SMILES string of the molecule is COc1ccc(NC(=O)[C@H](C)N(c2ccc(OC)c(OC)c2)S(C)(=O)=O)c(OC)c1. The summed E-state index contributed by atoms with van der Waals surface area (Å²) in [6.07, 6.45) is 1.03. The summed E-state index contributed by atoms with van der Waals surface area (Å²) in [5, 5.41) is 2.70. The Morgan fingerprint density at radius 1 is 0.900 bits per heavy atom. The van der Waals surface area contributed by atoms with Gasteiger partial charge in [-0.2, -0.15) is 0 Å². The lowest BCUT2D eigenvalue weighted by Gasteiger charge is -2.29. The van der Waals surface area contributed by atoms with Gasteiger partial charge in [0.25, 0.3) is 0 Å². The van der Waals surface area contributed by atoms with Gasteiger partial charge in [-0.25, -0.2) is 8.42 Å². The van der Waals surface area contributed by atoms with E-state index in [-0.39, 0.29) is 5.69 Å². The van der Waals surface area contributed by atoms with Gasteiger partial charge in [0.05, 0.1) is 46.1 Å². The van der Waals surface area contributed by atoms with E-state index in [1.807, 2.05) is 0 Å². The monoisotopic (exact) mass is 438 g/mol. The Kier molecular flexibility index (Phi) is 7.38. The predicted octanol–water partition coefficient (Wildman–Crippen LogP) is 2.51. The summed E-state index contributed by atoms with van der Waals surface area (Å²) >= 11 is 0. The van der Waals surface area contributed by atoms with Gasteiger partial charge in [0.15, 0.2) is 11.5 Å². The molecule has 0 radical (unpaired) electrons. The zero-order valence-electron chi connectivity index (χ0n) is 17.8. The molecule has 10 heteroatoms. The fraction of sp³-hybridized carbons (Fsp3) is 0.350. The third-order valence-electron chi connectivity index (χ3n) is 4.38. The number of carbonyl (C=O) groups excluding carboxylic acids is 1. The molecule has 0 fully saturated rings. The molecule has 30 heavy (non-hydrogen) atoms. The number of hydrogen-bond donors (Lipinski definition) is 1. The molecule has 164 valence electrons. The van der Waals surface area contributed by atoms with E-state index in [1.165, 1.54) is 41.4 Å². The Balaban J connectivity index is 2.39. The predicted molar refractivity (Wildman–Crippen MR) is 115 cm³/mol. The molecule has 1 N–H and O–H groups in total. The highest BCUT2D eigenvalue weighted by atomic mass is 32.2. The maximum atomic E-state index is 12.9. The highest BCUT2D eigenvalue weighted by Gasteiger charge is 2.30. The number of sulfonamides is 1. The zero-order valence-corrected chi connectivity index (χ0v) is 18.6. The standard InChI is InChI=1S/C20H26N2O7S/c1-13(20(23)21-16-9-8-15(26-2)12-18(16)28-4)22(30(6,24)25)14-7-10-17(27-3)19(11-14)29-5/h7-13H,1-6H3,(H,21,23)/t13-/m0/s1. The van der Waals surface area contributed by atoms with Gasteiger partial charge in [-0.05, 0) is 31.2 Å². The van der Waals surface area contributed by atoms with E-state index in [4.69, 9.17) is 18.9 Å². The third-order valence-corrected chi connectivity index (χ3v) is 5.62. The van der Waals surface area contributed by atoms with Gasteiger partial charge in [0, 0.05) is 12.1 Å². The summed E-state index contributed by atoms with van der Waals surface area (Å²) in [6.45, 7) is 1.49. The van der Waals surface area contributed by atoms with Gasteiger partial charge in [0.1, 0.15) is 17.5 Å². The minimum Gasteiger partial charge on any atom is -0.497 e. The first-order chi connectivity index (χ1) is 14.2. The summed E-state index contributed by atoms with van der Waals surface area (Å²) in [4.78, 5) is 12.9. The molecule has 0 unspecified atom stereocenters. The van der Waals surface area contributed by atoms with E-state index >= 15 is 0 Å². The average molecular weight is 439 g/mol. The summed E-state index contributed by atoms with van der Waals surface area (Å²) in [7, 11) is 2.09. The Bertz CT molecular complexity index is 1010. The van der Waals surface area contributed by atoms with Gasteiger partial charge in [-0.3, -0.25) is 9.10 Å². The fourth-order valence-corrected chi connectivity index (χ4v) is 4.08. The molecule has 0 heterocycles. The molecule has 2 aromatic rings. The molecule has 0 saturated heterocycles. The second-order valence-electron chi connectivity index (χ2n) is 6.33. The van der Waals surface area contributed by atoms with Crippen LogP contribution in [0.1, 0.15) is 6.92 Å². The van der Waals surface area contributed by atoms with Crippen LogP contribution in [0.5, 0.6) is 23.0 Å². The number of amides is 1. The number of carbonyl (C=O) groups is 1. The van der Waals surface area contributed by atoms with E-state index in [0.29, 0.717) is 28.7 Å². The number of rotatable bonds is 9. The lowest BCUT2D eigenvalue weighted by Crippen LogP contribution is -2.45. The number of nitrogens with one attached hydrogen (secondary N) is 1. The van der Waals surface area contributed by atoms with E-state index in [9.17, 15) is 13.2 Å². The molecule has 0 bridgehead atoms. The normalized spacial score (nSPS) is 11.9. The smallest absolute Gasteiger partial charge is 0.248 e. The van der Waals surface area contributed by atoms with Crippen LogP contribution in [0.3, 0.4) is 0 Å².